The minimum absolute atomic E-state index is 0.0393. The Labute approximate surface area is 306 Å². The predicted octanol–water partition coefficient (Wildman–Crippen LogP) is 12.5. The van der Waals surface area contributed by atoms with E-state index in [4.69, 9.17) is 4.98 Å². The van der Waals surface area contributed by atoms with E-state index in [0.29, 0.717) is 5.56 Å². The summed E-state index contributed by atoms with van der Waals surface area (Å²) < 4.78 is 2.30. The van der Waals surface area contributed by atoms with Crippen molar-refractivity contribution in [2.24, 2.45) is 0 Å². The minimum Gasteiger partial charge on any atom is -0.507 e. The third-order valence-electron chi connectivity index (χ3n) is 10.7. The Kier molecular flexibility index (Phi) is 7.22. The molecule has 0 fully saturated rings. The van der Waals surface area contributed by atoms with Gasteiger partial charge in [0.25, 0.3) is 0 Å². The van der Waals surface area contributed by atoms with Crippen molar-refractivity contribution in [1.82, 2.24) is 9.55 Å². The Bertz CT molecular complexity index is 2930. The highest BCUT2D eigenvalue weighted by Gasteiger charge is 2.22. The van der Waals surface area contributed by atoms with Gasteiger partial charge in [0.05, 0.1) is 16.6 Å². The molecule has 1 heterocycles. The molecule has 10 rings (SSSR count). The Morgan fingerprint density at radius 2 is 1.15 bits per heavy atom. The Balaban J connectivity index is 1.23. The molecule has 1 aliphatic carbocycles. The Hall–Kier alpha value is -6.91. The fourth-order valence-corrected chi connectivity index (χ4v) is 8.24. The highest BCUT2D eigenvalue weighted by atomic mass is 16.3. The van der Waals surface area contributed by atoms with Crippen molar-refractivity contribution in [1.29, 1.82) is 0 Å². The quantitative estimate of drug-likeness (QED) is 0.178. The Morgan fingerprint density at radius 3 is 1.92 bits per heavy atom. The van der Waals surface area contributed by atoms with Gasteiger partial charge in [0.15, 0.2) is 0 Å². The van der Waals surface area contributed by atoms with E-state index in [9.17, 15) is 10.2 Å². The average molecular weight is 683 g/mol. The summed E-state index contributed by atoms with van der Waals surface area (Å²) in [5.74, 6) is 1.30. The molecule has 252 valence electrons. The van der Waals surface area contributed by atoms with Crippen molar-refractivity contribution in [3.05, 3.63) is 182 Å². The first-order valence-electron chi connectivity index (χ1n) is 18.0. The van der Waals surface area contributed by atoms with Gasteiger partial charge in [0.1, 0.15) is 17.3 Å². The molecule has 0 aliphatic heterocycles. The molecule has 0 bridgehead atoms. The summed E-state index contributed by atoms with van der Waals surface area (Å²) >= 11 is 0. The summed E-state index contributed by atoms with van der Waals surface area (Å²) in [6.45, 7) is 0. The zero-order chi connectivity index (χ0) is 35.5. The van der Waals surface area contributed by atoms with Crippen LogP contribution >= 0.6 is 0 Å². The van der Waals surface area contributed by atoms with Crippen LogP contribution in [0, 0.1) is 0 Å². The summed E-state index contributed by atoms with van der Waals surface area (Å²) in [5.41, 5.74) is 8.75. The summed E-state index contributed by atoms with van der Waals surface area (Å²) in [4.78, 5) is 5.12. The molecule has 0 radical (unpaired) electrons. The van der Waals surface area contributed by atoms with E-state index >= 15 is 0 Å². The fourth-order valence-electron chi connectivity index (χ4n) is 8.24. The Morgan fingerprint density at radius 1 is 0.509 bits per heavy atom. The van der Waals surface area contributed by atoms with Gasteiger partial charge < -0.3 is 10.2 Å². The number of phenolic OH excluding ortho intramolecular Hbond substituents is 2. The number of aromatic nitrogens is 2. The minimum atomic E-state index is 0.0393. The lowest BCUT2D eigenvalue weighted by Gasteiger charge is -2.20. The first-order chi connectivity index (χ1) is 26.1. The monoisotopic (exact) mass is 682 g/mol. The van der Waals surface area contributed by atoms with Crippen molar-refractivity contribution >= 4 is 43.4 Å². The number of rotatable bonds is 5. The number of hydrogen-bond acceptors (Lipinski definition) is 3. The van der Waals surface area contributed by atoms with E-state index in [1.165, 1.54) is 10.8 Å². The van der Waals surface area contributed by atoms with E-state index < -0.39 is 0 Å². The van der Waals surface area contributed by atoms with E-state index in [0.717, 1.165) is 78.3 Å². The summed E-state index contributed by atoms with van der Waals surface area (Å²) in [7, 11) is 0. The SMILES string of the molecule is Oc1cccc(O)c1-c1ccc2c(-c3ccc4ccccc4c3)c3ccccc3c(-c3ccc(-n4c(C5C=CC=CC5)nc5ccccc54)cc3)c2c1. The van der Waals surface area contributed by atoms with Crippen LogP contribution in [0.3, 0.4) is 0 Å². The molecule has 4 heteroatoms. The van der Waals surface area contributed by atoms with Crippen LogP contribution in [0.5, 0.6) is 11.5 Å². The number of para-hydroxylation sites is 2. The van der Waals surface area contributed by atoms with Crippen LogP contribution in [0.15, 0.2) is 176 Å². The molecule has 53 heavy (non-hydrogen) atoms. The lowest BCUT2D eigenvalue weighted by Crippen LogP contribution is -2.07. The van der Waals surface area contributed by atoms with Gasteiger partial charge in [0, 0.05) is 11.6 Å². The number of allylic oxidation sites excluding steroid dienone is 4. The van der Waals surface area contributed by atoms with Gasteiger partial charge in [-0.15, -0.1) is 0 Å². The topological polar surface area (TPSA) is 58.3 Å². The molecule has 2 N–H and O–H groups in total. The second-order valence-corrected chi connectivity index (χ2v) is 13.8. The zero-order valence-corrected chi connectivity index (χ0v) is 28.8. The summed E-state index contributed by atoms with van der Waals surface area (Å²) in [6, 6.07) is 52.1. The number of fused-ring (bicyclic) bond motifs is 4. The molecule has 0 amide bonds. The molecule has 0 saturated heterocycles. The van der Waals surface area contributed by atoms with Crippen LogP contribution in [0.1, 0.15) is 18.2 Å². The van der Waals surface area contributed by atoms with E-state index in [1.54, 1.807) is 18.2 Å². The molecule has 1 aliphatic rings. The van der Waals surface area contributed by atoms with Crippen LogP contribution in [-0.2, 0) is 0 Å². The molecule has 1 atom stereocenters. The van der Waals surface area contributed by atoms with Crippen molar-refractivity contribution in [3.63, 3.8) is 0 Å². The number of benzene rings is 8. The smallest absolute Gasteiger partial charge is 0.127 e. The molecule has 8 aromatic carbocycles. The maximum absolute atomic E-state index is 10.9. The third-order valence-corrected chi connectivity index (χ3v) is 10.7. The van der Waals surface area contributed by atoms with E-state index in [-0.39, 0.29) is 17.4 Å². The second-order valence-electron chi connectivity index (χ2n) is 13.8. The highest BCUT2D eigenvalue weighted by molar-refractivity contribution is 6.22. The molecular weight excluding hydrogens is 649 g/mol. The molecule has 9 aromatic rings. The number of aromatic hydroxyl groups is 2. The first kappa shape index (κ1) is 30.9. The van der Waals surface area contributed by atoms with Crippen LogP contribution in [0.4, 0.5) is 0 Å². The van der Waals surface area contributed by atoms with Crippen molar-refractivity contribution in [3.8, 4) is 50.6 Å². The number of imidazole rings is 1. The predicted molar refractivity (Wildman–Crippen MR) is 219 cm³/mol. The maximum atomic E-state index is 10.9. The second kappa shape index (κ2) is 12.4. The van der Waals surface area contributed by atoms with E-state index in [2.05, 4.69) is 150 Å². The van der Waals surface area contributed by atoms with Gasteiger partial charge in [-0.1, -0.05) is 127 Å². The normalized spacial score (nSPS) is 14.2. The third kappa shape index (κ3) is 5.10. The van der Waals surface area contributed by atoms with Crippen molar-refractivity contribution in [2.75, 3.05) is 0 Å². The molecular formula is C49H34N2O2. The van der Waals surface area contributed by atoms with Crippen LogP contribution < -0.4 is 0 Å². The van der Waals surface area contributed by atoms with Gasteiger partial charge in [-0.05, 0) is 115 Å². The first-order valence-corrected chi connectivity index (χ1v) is 18.0. The van der Waals surface area contributed by atoms with Crippen molar-refractivity contribution < 1.29 is 10.2 Å². The number of nitrogens with zero attached hydrogens (tertiary/aromatic N) is 2. The zero-order valence-electron chi connectivity index (χ0n) is 28.8. The largest absolute Gasteiger partial charge is 0.507 e. The van der Waals surface area contributed by atoms with Crippen molar-refractivity contribution in [2.45, 2.75) is 12.3 Å². The van der Waals surface area contributed by atoms with Gasteiger partial charge in [-0.2, -0.15) is 0 Å². The summed E-state index contributed by atoms with van der Waals surface area (Å²) in [5, 5.41) is 28.7. The fraction of sp³-hybridized carbons (Fsp3) is 0.0408. The lowest BCUT2D eigenvalue weighted by atomic mass is 9.84. The molecule has 0 saturated carbocycles. The summed E-state index contributed by atoms with van der Waals surface area (Å²) in [6.07, 6.45) is 9.57. The van der Waals surface area contributed by atoms with Gasteiger partial charge in [0.2, 0.25) is 0 Å². The number of hydrogen-bond donors (Lipinski definition) is 2. The number of phenols is 2. The van der Waals surface area contributed by atoms with Crippen LogP contribution in [0.25, 0.3) is 82.4 Å². The molecule has 1 aromatic heterocycles. The van der Waals surface area contributed by atoms with Gasteiger partial charge in [-0.3, -0.25) is 4.57 Å². The maximum Gasteiger partial charge on any atom is 0.127 e. The molecule has 1 unspecified atom stereocenters. The lowest BCUT2D eigenvalue weighted by molar-refractivity contribution is 0.454. The van der Waals surface area contributed by atoms with Gasteiger partial charge in [-0.25, -0.2) is 4.98 Å². The molecule has 4 nitrogen and oxygen atoms in total. The van der Waals surface area contributed by atoms with E-state index in [1.807, 2.05) is 12.1 Å². The standard InChI is InChI=1S/C49H34N2O2/c52-44-19-10-20-45(53)48(44)36-25-28-40-41(30-36)46(38-15-6-7-16-39(38)47(40)35-22-21-31-11-4-5-14-34(31)29-35)32-23-26-37(27-24-32)51-43-18-9-8-17-42(43)50-49(51)33-12-2-1-3-13-33/h1-12,14-30,33,52-53H,13H2. The molecule has 0 spiro atoms. The van der Waals surface area contributed by atoms with Gasteiger partial charge >= 0.3 is 0 Å². The van der Waals surface area contributed by atoms with Crippen LogP contribution in [0.2, 0.25) is 0 Å². The average Bonchev–Trinajstić information content (AvgIpc) is 3.60. The highest BCUT2D eigenvalue weighted by Crippen LogP contribution is 2.47. The van der Waals surface area contributed by atoms with Crippen LogP contribution in [-0.4, -0.2) is 19.8 Å².